The lowest BCUT2D eigenvalue weighted by Gasteiger charge is -2.13. The highest BCUT2D eigenvalue weighted by Gasteiger charge is 2.27. The van der Waals surface area contributed by atoms with Crippen LogP contribution in [0, 0.1) is 0 Å². The molecule has 0 unspecified atom stereocenters. The minimum absolute atomic E-state index is 0. The Morgan fingerprint density at radius 1 is 1.00 bits per heavy atom. The maximum absolute atomic E-state index is 12.1. The van der Waals surface area contributed by atoms with Crippen LogP contribution in [0.2, 0.25) is 5.02 Å². The molecule has 0 heterocycles. The minimum Gasteiger partial charge on any atom is -0.367 e. The van der Waals surface area contributed by atoms with Crippen LogP contribution < -0.4 is 10.6 Å². The van der Waals surface area contributed by atoms with Crippen LogP contribution in [0.5, 0.6) is 0 Å². The molecule has 0 saturated heterocycles. The highest BCUT2D eigenvalue weighted by Crippen LogP contribution is 2.16. The van der Waals surface area contributed by atoms with Crippen molar-refractivity contribution in [3.05, 3.63) is 70.2 Å². The molecular formula is C19H22ClF3IN3O. The molecule has 2 rings (SSSR count). The molecule has 28 heavy (non-hydrogen) atoms. The monoisotopic (exact) mass is 527 g/mol. The summed E-state index contributed by atoms with van der Waals surface area (Å²) in [6.07, 6.45) is -4.31. The van der Waals surface area contributed by atoms with E-state index in [1.165, 1.54) is 0 Å². The zero-order chi connectivity index (χ0) is 19.7. The molecule has 4 nitrogen and oxygen atoms in total. The second-order valence-corrected chi connectivity index (χ2v) is 6.20. The molecule has 2 aromatic rings. The molecule has 0 aliphatic heterocycles. The van der Waals surface area contributed by atoms with Crippen molar-refractivity contribution in [1.29, 1.82) is 0 Å². The number of guanidine groups is 1. The number of nitrogens with zero attached hydrogens (tertiary/aromatic N) is 1. The van der Waals surface area contributed by atoms with Gasteiger partial charge in [-0.25, -0.2) is 0 Å². The van der Waals surface area contributed by atoms with E-state index in [9.17, 15) is 13.2 Å². The second kappa shape index (κ2) is 12.1. The zero-order valence-corrected chi connectivity index (χ0v) is 18.3. The molecule has 0 saturated carbocycles. The number of rotatable bonds is 7. The van der Waals surface area contributed by atoms with Crippen LogP contribution in [-0.4, -0.2) is 25.8 Å². The highest BCUT2D eigenvalue weighted by molar-refractivity contribution is 14.0. The van der Waals surface area contributed by atoms with E-state index in [-0.39, 0.29) is 30.6 Å². The van der Waals surface area contributed by atoms with Crippen molar-refractivity contribution in [3.8, 4) is 0 Å². The van der Waals surface area contributed by atoms with E-state index in [0.717, 1.165) is 11.1 Å². The van der Waals surface area contributed by atoms with Crippen molar-refractivity contribution < 1.29 is 17.9 Å². The van der Waals surface area contributed by atoms with Crippen molar-refractivity contribution in [1.82, 2.24) is 10.6 Å². The molecule has 9 heteroatoms. The quantitative estimate of drug-likeness (QED) is 0.306. The third kappa shape index (κ3) is 9.11. The first-order valence-corrected chi connectivity index (χ1v) is 8.65. The lowest BCUT2D eigenvalue weighted by atomic mass is 10.1. The van der Waals surface area contributed by atoms with Gasteiger partial charge in [-0.1, -0.05) is 54.1 Å². The lowest BCUT2D eigenvalue weighted by Crippen LogP contribution is -2.36. The van der Waals surface area contributed by atoms with E-state index in [1.54, 1.807) is 19.2 Å². The Kier molecular flexibility index (Phi) is 10.6. The smallest absolute Gasteiger partial charge is 0.367 e. The second-order valence-electron chi connectivity index (χ2n) is 5.80. The maximum Gasteiger partial charge on any atom is 0.411 e. The SMILES string of the molecule is CN=C(NCc1ccc(COCC(F)(F)F)cc1)NCc1ccccc1Cl.I. The average Bonchev–Trinajstić information content (AvgIpc) is 2.63. The predicted octanol–water partition coefficient (Wildman–Crippen LogP) is 4.90. The summed E-state index contributed by atoms with van der Waals surface area (Å²) >= 11 is 6.13. The highest BCUT2D eigenvalue weighted by atomic mass is 127. The van der Waals surface area contributed by atoms with Gasteiger partial charge < -0.3 is 15.4 Å². The Labute approximate surface area is 184 Å². The summed E-state index contributed by atoms with van der Waals surface area (Å²) < 4.78 is 40.8. The van der Waals surface area contributed by atoms with E-state index in [4.69, 9.17) is 11.6 Å². The van der Waals surface area contributed by atoms with Crippen LogP contribution in [0.25, 0.3) is 0 Å². The van der Waals surface area contributed by atoms with Crippen molar-refractivity contribution in [2.75, 3.05) is 13.7 Å². The third-order valence-corrected chi connectivity index (χ3v) is 4.01. The molecule has 0 radical (unpaired) electrons. The Balaban J connectivity index is 0.00000392. The molecule has 2 N–H and O–H groups in total. The first-order valence-electron chi connectivity index (χ1n) is 8.27. The number of aliphatic imine (C=N–C) groups is 1. The van der Waals surface area contributed by atoms with E-state index in [2.05, 4.69) is 20.4 Å². The van der Waals surface area contributed by atoms with Gasteiger partial charge in [-0.2, -0.15) is 13.2 Å². The minimum atomic E-state index is -4.31. The van der Waals surface area contributed by atoms with Gasteiger partial charge in [-0.05, 0) is 22.8 Å². The standard InChI is InChI=1S/C19H21ClF3N3O.HI/c1-24-18(26-11-16-4-2-3-5-17(16)20)25-10-14-6-8-15(9-7-14)12-27-13-19(21,22)23;/h2-9H,10-13H2,1H3,(H2,24,25,26);1H. The predicted molar refractivity (Wildman–Crippen MR) is 116 cm³/mol. The molecule has 0 aliphatic carbocycles. The summed E-state index contributed by atoms with van der Waals surface area (Å²) in [5.41, 5.74) is 2.62. The van der Waals surface area contributed by atoms with Crippen LogP contribution in [0.1, 0.15) is 16.7 Å². The van der Waals surface area contributed by atoms with Crippen LogP contribution in [0.15, 0.2) is 53.5 Å². The van der Waals surface area contributed by atoms with E-state index >= 15 is 0 Å². The Morgan fingerprint density at radius 3 is 2.21 bits per heavy atom. The Morgan fingerprint density at radius 2 is 1.61 bits per heavy atom. The van der Waals surface area contributed by atoms with Crippen LogP contribution >= 0.6 is 35.6 Å². The maximum atomic E-state index is 12.1. The van der Waals surface area contributed by atoms with Crippen LogP contribution in [0.3, 0.4) is 0 Å². The summed E-state index contributed by atoms with van der Waals surface area (Å²) in [7, 11) is 1.67. The summed E-state index contributed by atoms with van der Waals surface area (Å²) in [5.74, 6) is 0.618. The molecule has 0 aromatic heterocycles. The average molecular weight is 528 g/mol. The van der Waals surface area contributed by atoms with Crippen LogP contribution in [-0.2, 0) is 24.4 Å². The van der Waals surface area contributed by atoms with Gasteiger partial charge in [-0.3, -0.25) is 4.99 Å². The summed E-state index contributed by atoms with van der Waals surface area (Å²) in [5, 5.41) is 7.04. The first-order chi connectivity index (χ1) is 12.9. The molecule has 0 aliphatic rings. The van der Waals surface area contributed by atoms with Gasteiger partial charge in [0.25, 0.3) is 0 Å². The molecule has 0 spiro atoms. The summed E-state index contributed by atoms with van der Waals surface area (Å²) in [4.78, 5) is 4.15. The Bertz CT molecular complexity index is 755. The number of alkyl halides is 3. The fraction of sp³-hybridized carbons (Fsp3) is 0.316. The lowest BCUT2D eigenvalue weighted by molar-refractivity contribution is -0.176. The molecule has 0 amide bonds. The molecule has 0 bridgehead atoms. The van der Waals surface area contributed by atoms with Gasteiger partial charge in [0.05, 0.1) is 6.61 Å². The van der Waals surface area contributed by atoms with Crippen molar-refractivity contribution in [3.63, 3.8) is 0 Å². The normalized spacial score (nSPS) is 11.7. The van der Waals surface area contributed by atoms with Crippen molar-refractivity contribution >= 4 is 41.5 Å². The van der Waals surface area contributed by atoms with E-state index in [1.807, 2.05) is 36.4 Å². The summed E-state index contributed by atoms with van der Waals surface area (Å²) in [6, 6.07) is 14.7. The van der Waals surface area contributed by atoms with E-state index < -0.39 is 12.8 Å². The zero-order valence-electron chi connectivity index (χ0n) is 15.2. The van der Waals surface area contributed by atoms with Crippen molar-refractivity contribution in [2.45, 2.75) is 25.9 Å². The largest absolute Gasteiger partial charge is 0.411 e. The molecule has 154 valence electrons. The molecular weight excluding hydrogens is 506 g/mol. The number of hydrogen-bond acceptors (Lipinski definition) is 2. The fourth-order valence-electron chi connectivity index (χ4n) is 2.27. The third-order valence-electron chi connectivity index (χ3n) is 3.65. The van der Waals surface area contributed by atoms with Crippen LogP contribution in [0.4, 0.5) is 13.2 Å². The first kappa shape index (κ1) is 24.5. The van der Waals surface area contributed by atoms with Gasteiger partial charge in [0.1, 0.15) is 6.61 Å². The molecule has 0 atom stereocenters. The van der Waals surface area contributed by atoms with Gasteiger partial charge in [0.15, 0.2) is 5.96 Å². The summed E-state index contributed by atoms with van der Waals surface area (Å²) in [6.45, 7) is -0.265. The topological polar surface area (TPSA) is 45.7 Å². The number of nitrogens with one attached hydrogen (secondary N) is 2. The molecule has 2 aromatic carbocycles. The molecule has 0 fully saturated rings. The number of benzene rings is 2. The Hall–Kier alpha value is -1.52. The van der Waals surface area contributed by atoms with Gasteiger partial charge in [0.2, 0.25) is 0 Å². The van der Waals surface area contributed by atoms with Gasteiger partial charge in [-0.15, -0.1) is 24.0 Å². The van der Waals surface area contributed by atoms with E-state index in [0.29, 0.717) is 29.6 Å². The van der Waals surface area contributed by atoms with Crippen molar-refractivity contribution in [2.24, 2.45) is 4.99 Å². The van der Waals surface area contributed by atoms with Gasteiger partial charge >= 0.3 is 6.18 Å². The fourth-order valence-corrected chi connectivity index (χ4v) is 2.47. The number of hydrogen-bond donors (Lipinski definition) is 2. The number of ether oxygens (including phenoxy) is 1. The van der Waals surface area contributed by atoms with Gasteiger partial charge in [0, 0.05) is 25.2 Å². The number of halogens is 5.